The van der Waals surface area contributed by atoms with E-state index in [4.69, 9.17) is 4.74 Å². The smallest absolute Gasteiger partial charge is 0.333 e. The predicted octanol–water partition coefficient (Wildman–Crippen LogP) is 9.06. The van der Waals surface area contributed by atoms with Crippen molar-refractivity contribution in [3.05, 3.63) is 162 Å². The lowest BCUT2D eigenvalue weighted by molar-refractivity contribution is 0.234. The third-order valence-electron chi connectivity index (χ3n) is 10.8. The molecule has 0 saturated carbocycles. The molecule has 0 bridgehead atoms. The fraction of sp³-hybridized carbons (Fsp3) is 0.0698. The molecule has 47 heavy (non-hydrogen) atoms. The zero-order valence-electron chi connectivity index (χ0n) is 25.9. The Hall–Kier alpha value is -5.74. The van der Waals surface area contributed by atoms with Crippen LogP contribution in [0.3, 0.4) is 0 Å². The first-order chi connectivity index (χ1) is 23.2. The number of para-hydroxylation sites is 2. The molecular formula is C43H29BN2O. The fourth-order valence-corrected chi connectivity index (χ4v) is 8.86. The number of nitrogens with zero attached hydrogens (tertiary/aromatic N) is 2. The van der Waals surface area contributed by atoms with E-state index in [9.17, 15) is 0 Å². The third-order valence-corrected chi connectivity index (χ3v) is 10.8. The normalized spacial score (nSPS) is 17.5. The average molecular weight is 601 g/mol. The lowest BCUT2D eigenvalue weighted by Gasteiger charge is -2.45. The molecule has 7 aromatic rings. The number of benzene rings is 7. The standard InChI is InChI=1S/C43H29BN2O/c1-26-22-35-34-24-29-12-5-6-13-30(29)25-37(34)46(31-20-18-28(19-21-31)27-10-3-2-4-11-27)44-36-16-9-15-33-40-32-14-7-8-17-39(32)47-43(40)45(42(33)36)38(23-26)41(35)44/h2-25,40,43H,1H3. The van der Waals surface area contributed by atoms with E-state index in [0.717, 1.165) is 5.75 Å². The van der Waals surface area contributed by atoms with Crippen LogP contribution in [-0.2, 0) is 0 Å². The molecule has 4 heteroatoms. The van der Waals surface area contributed by atoms with Gasteiger partial charge in [0.2, 0.25) is 0 Å². The summed E-state index contributed by atoms with van der Waals surface area (Å²) < 4.78 is 6.84. The van der Waals surface area contributed by atoms with Crippen molar-refractivity contribution in [3.63, 3.8) is 0 Å². The molecule has 11 rings (SSSR count). The summed E-state index contributed by atoms with van der Waals surface area (Å²) in [5.41, 5.74) is 16.6. The van der Waals surface area contributed by atoms with Gasteiger partial charge in [-0.05, 0) is 92.8 Å². The molecule has 2 atom stereocenters. The van der Waals surface area contributed by atoms with Gasteiger partial charge < -0.3 is 14.4 Å². The number of anilines is 4. The van der Waals surface area contributed by atoms with Crippen LogP contribution in [0.4, 0.5) is 22.7 Å². The Balaban J connectivity index is 1.20. The van der Waals surface area contributed by atoms with E-state index in [2.05, 4.69) is 162 Å². The second kappa shape index (κ2) is 9.17. The summed E-state index contributed by atoms with van der Waals surface area (Å²) in [6.45, 7) is 2.25. The van der Waals surface area contributed by atoms with E-state index in [1.807, 2.05) is 0 Å². The molecule has 4 aliphatic rings. The van der Waals surface area contributed by atoms with Gasteiger partial charge in [0.15, 0.2) is 6.23 Å². The molecule has 0 saturated heterocycles. The minimum absolute atomic E-state index is 0.0112. The van der Waals surface area contributed by atoms with Gasteiger partial charge in [-0.1, -0.05) is 109 Å². The van der Waals surface area contributed by atoms with Crippen LogP contribution in [0.25, 0.3) is 33.0 Å². The maximum atomic E-state index is 6.84. The van der Waals surface area contributed by atoms with Crippen molar-refractivity contribution in [2.75, 3.05) is 9.71 Å². The van der Waals surface area contributed by atoms with Crippen molar-refractivity contribution in [1.29, 1.82) is 0 Å². The Morgan fingerprint density at radius 3 is 2.17 bits per heavy atom. The summed E-state index contributed by atoms with van der Waals surface area (Å²) in [4.78, 5) is 5.13. The maximum Gasteiger partial charge on any atom is 0.333 e. The van der Waals surface area contributed by atoms with Gasteiger partial charge in [-0.3, -0.25) is 0 Å². The summed E-state index contributed by atoms with van der Waals surface area (Å²) in [6, 6.07) is 53.7. The van der Waals surface area contributed by atoms with Gasteiger partial charge in [0.25, 0.3) is 0 Å². The van der Waals surface area contributed by atoms with Crippen molar-refractivity contribution < 1.29 is 4.74 Å². The molecule has 4 aliphatic heterocycles. The molecule has 2 unspecified atom stereocenters. The SMILES string of the molecule is Cc1cc2c3c(c1)N1c4c(cccc4C4c5ccccc5OC41)B3N(c1ccc(-c3ccccc3)cc1)c1cc3ccccc3cc1-2. The molecule has 0 aromatic heterocycles. The minimum Gasteiger partial charge on any atom is -0.469 e. The zero-order chi connectivity index (χ0) is 30.8. The molecule has 7 aromatic carbocycles. The molecular weight excluding hydrogens is 571 g/mol. The highest BCUT2D eigenvalue weighted by atomic mass is 16.5. The van der Waals surface area contributed by atoms with E-state index < -0.39 is 0 Å². The molecule has 4 heterocycles. The maximum absolute atomic E-state index is 6.84. The van der Waals surface area contributed by atoms with E-state index in [0.29, 0.717) is 0 Å². The van der Waals surface area contributed by atoms with Crippen LogP contribution in [0.2, 0.25) is 0 Å². The van der Waals surface area contributed by atoms with Gasteiger partial charge in [-0.2, -0.15) is 0 Å². The Bertz CT molecular complexity index is 2440. The number of fused-ring (bicyclic) bond motifs is 10. The van der Waals surface area contributed by atoms with Crippen LogP contribution in [0.5, 0.6) is 5.75 Å². The summed E-state index contributed by atoms with van der Waals surface area (Å²) >= 11 is 0. The number of rotatable bonds is 2. The second-order valence-electron chi connectivity index (χ2n) is 13.3. The van der Waals surface area contributed by atoms with Gasteiger partial charge in [0, 0.05) is 33.9 Å². The topological polar surface area (TPSA) is 15.7 Å². The van der Waals surface area contributed by atoms with Crippen molar-refractivity contribution >= 4 is 51.3 Å². The van der Waals surface area contributed by atoms with E-state index in [1.165, 1.54) is 83.4 Å². The van der Waals surface area contributed by atoms with Crippen LogP contribution in [0, 0.1) is 6.92 Å². The summed E-state index contributed by atoms with van der Waals surface area (Å²) in [5.74, 6) is 1.17. The predicted molar refractivity (Wildman–Crippen MR) is 194 cm³/mol. The van der Waals surface area contributed by atoms with E-state index in [1.54, 1.807) is 0 Å². The van der Waals surface area contributed by atoms with E-state index in [-0.39, 0.29) is 19.0 Å². The monoisotopic (exact) mass is 600 g/mol. The molecule has 0 amide bonds. The highest BCUT2D eigenvalue weighted by Crippen LogP contribution is 2.56. The Morgan fingerprint density at radius 2 is 1.32 bits per heavy atom. The summed E-state index contributed by atoms with van der Waals surface area (Å²) in [5, 5.41) is 2.51. The van der Waals surface area contributed by atoms with Gasteiger partial charge in [-0.15, -0.1) is 0 Å². The number of hydrogen-bond acceptors (Lipinski definition) is 3. The molecule has 0 radical (unpaired) electrons. The molecule has 0 aliphatic carbocycles. The molecule has 0 fully saturated rings. The zero-order valence-corrected chi connectivity index (χ0v) is 25.9. The van der Waals surface area contributed by atoms with Gasteiger partial charge >= 0.3 is 6.85 Å². The lowest BCUT2D eigenvalue weighted by atomic mass is 9.43. The van der Waals surface area contributed by atoms with E-state index >= 15 is 0 Å². The molecule has 3 nitrogen and oxygen atoms in total. The van der Waals surface area contributed by atoms with Crippen molar-refractivity contribution in [1.82, 2.24) is 0 Å². The van der Waals surface area contributed by atoms with Crippen molar-refractivity contribution in [2.45, 2.75) is 19.1 Å². The lowest BCUT2D eigenvalue weighted by Crippen LogP contribution is -2.62. The third kappa shape index (κ3) is 3.37. The van der Waals surface area contributed by atoms with Crippen LogP contribution >= 0.6 is 0 Å². The highest BCUT2D eigenvalue weighted by molar-refractivity contribution is 6.93. The first kappa shape index (κ1) is 25.5. The molecule has 0 N–H and O–H groups in total. The van der Waals surface area contributed by atoms with Crippen molar-refractivity contribution in [3.8, 4) is 28.0 Å². The first-order valence-electron chi connectivity index (χ1n) is 16.5. The molecule has 220 valence electrons. The van der Waals surface area contributed by atoms with Crippen molar-refractivity contribution in [2.24, 2.45) is 0 Å². The van der Waals surface area contributed by atoms with Gasteiger partial charge in [0.1, 0.15) is 5.75 Å². The highest BCUT2D eigenvalue weighted by Gasteiger charge is 2.54. The fourth-order valence-electron chi connectivity index (χ4n) is 8.86. The molecule has 0 spiro atoms. The summed E-state index contributed by atoms with van der Waals surface area (Å²) in [7, 11) is 0. The Labute approximate surface area is 274 Å². The minimum atomic E-state index is -0.105. The Kier molecular flexibility index (Phi) is 4.97. The average Bonchev–Trinajstić information content (AvgIpc) is 3.65. The van der Waals surface area contributed by atoms with Gasteiger partial charge in [0.05, 0.1) is 5.92 Å². The summed E-state index contributed by atoms with van der Waals surface area (Å²) in [6.07, 6.45) is -0.105. The quantitative estimate of drug-likeness (QED) is 0.184. The number of hydrogen-bond donors (Lipinski definition) is 0. The van der Waals surface area contributed by atoms with Gasteiger partial charge in [-0.25, -0.2) is 0 Å². The second-order valence-corrected chi connectivity index (χ2v) is 13.3. The van der Waals surface area contributed by atoms with Crippen LogP contribution in [0.1, 0.15) is 22.6 Å². The number of ether oxygens (including phenoxy) is 1. The Morgan fingerprint density at radius 1 is 0.596 bits per heavy atom. The largest absolute Gasteiger partial charge is 0.469 e. The van der Waals surface area contributed by atoms with Crippen LogP contribution in [0.15, 0.2) is 146 Å². The number of aryl methyl sites for hydroxylation is 1. The van der Waals surface area contributed by atoms with Crippen LogP contribution in [-0.4, -0.2) is 13.1 Å². The van der Waals surface area contributed by atoms with Crippen LogP contribution < -0.4 is 25.4 Å². The first-order valence-corrected chi connectivity index (χ1v) is 16.5.